The molecule has 1 amide bonds. The number of hydrogen-bond donors (Lipinski definition) is 1. The Morgan fingerprint density at radius 1 is 1.24 bits per heavy atom. The summed E-state index contributed by atoms with van der Waals surface area (Å²) in [4.78, 5) is 11.2. The highest BCUT2D eigenvalue weighted by Gasteiger charge is 2.36. The molecule has 25 heavy (non-hydrogen) atoms. The van der Waals surface area contributed by atoms with Gasteiger partial charge in [-0.2, -0.15) is 4.31 Å². The Morgan fingerprint density at radius 2 is 1.88 bits per heavy atom. The number of carbonyl (C=O) groups excluding carboxylic acids is 1. The Balaban J connectivity index is 1.70. The Kier molecular flexibility index (Phi) is 4.71. The molecule has 2 aromatic rings. The van der Waals surface area contributed by atoms with E-state index < -0.39 is 10.0 Å². The van der Waals surface area contributed by atoms with E-state index in [0.717, 1.165) is 12.2 Å². The number of nitrogens with one attached hydrogen (secondary N) is 1. The summed E-state index contributed by atoms with van der Waals surface area (Å²) in [5.74, 6) is 2.48. The Morgan fingerprint density at radius 3 is 2.44 bits per heavy atom. The average Bonchev–Trinajstić information content (AvgIpc) is 3.09. The summed E-state index contributed by atoms with van der Waals surface area (Å²) < 4.78 is 32.4. The first-order chi connectivity index (χ1) is 11.8. The maximum absolute atomic E-state index is 12.7. The van der Waals surface area contributed by atoms with Gasteiger partial charge in [-0.15, -0.1) is 0 Å². The van der Waals surface area contributed by atoms with E-state index >= 15 is 0 Å². The van der Waals surface area contributed by atoms with Crippen LogP contribution in [0.15, 0.2) is 45.7 Å². The molecule has 1 saturated carbocycles. The third-order valence-electron chi connectivity index (χ3n) is 4.42. The molecule has 134 valence electrons. The van der Waals surface area contributed by atoms with E-state index in [4.69, 9.17) is 4.42 Å². The van der Waals surface area contributed by atoms with Gasteiger partial charge in [0.15, 0.2) is 0 Å². The van der Waals surface area contributed by atoms with Crippen LogP contribution in [-0.2, 0) is 21.4 Å². The molecule has 1 aromatic carbocycles. The van der Waals surface area contributed by atoms with Crippen molar-refractivity contribution < 1.29 is 17.6 Å². The van der Waals surface area contributed by atoms with Gasteiger partial charge in [0.25, 0.3) is 0 Å². The predicted molar refractivity (Wildman–Crippen MR) is 94.6 cm³/mol. The van der Waals surface area contributed by atoms with Gasteiger partial charge in [0, 0.05) is 25.6 Å². The first kappa shape index (κ1) is 17.7. The molecule has 1 heterocycles. The van der Waals surface area contributed by atoms with Crippen molar-refractivity contribution in [2.45, 2.75) is 37.6 Å². The van der Waals surface area contributed by atoms with Crippen molar-refractivity contribution in [3.8, 4) is 0 Å². The molecule has 1 N–H and O–H groups in total. The van der Waals surface area contributed by atoms with E-state index in [1.807, 2.05) is 12.1 Å². The summed E-state index contributed by atoms with van der Waals surface area (Å²) in [6, 6.07) is 9.88. The number of anilines is 1. The van der Waals surface area contributed by atoms with Crippen LogP contribution in [0.2, 0.25) is 0 Å². The number of hydrogen-bond acceptors (Lipinski definition) is 4. The summed E-state index contributed by atoms with van der Waals surface area (Å²) >= 11 is 0. The molecule has 1 aromatic heterocycles. The lowest BCUT2D eigenvalue weighted by molar-refractivity contribution is -0.114. The number of furan rings is 1. The second kappa shape index (κ2) is 6.65. The monoisotopic (exact) mass is 362 g/mol. The number of carbonyl (C=O) groups is 1. The lowest BCUT2D eigenvalue weighted by Crippen LogP contribution is -2.26. The zero-order valence-corrected chi connectivity index (χ0v) is 15.3. The van der Waals surface area contributed by atoms with Crippen LogP contribution < -0.4 is 5.32 Å². The number of sulfonamides is 1. The number of amides is 1. The normalized spacial score (nSPS) is 19.8. The summed E-state index contributed by atoms with van der Waals surface area (Å²) in [5, 5.41) is 2.61. The highest BCUT2D eigenvalue weighted by atomic mass is 32.2. The maximum Gasteiger partial charge on any atom is 0.243 e. The Bertz CT molecular complexity index is 871. The molecule has 0 aliphatic heterocycles. The van der Waals surface area contributed by atoms with Gasteiger partial charge >= 0.3 is 0 Å². The molecular formula is C18H22N2O4S. The summed E-state index contributed by atoms with van der Waals surface area (Å²) in [6.07, 6.45) is 1.13. The lowest BCUT2D eigenvalue weighted by Gasteiger charge is -2.16. The fourth-order valence-corrected chi connectivity index (χ4v) is 3.93. The van der Waals surface area contributed by atoms with Crippen LogP contribution >= 0.6 is 0 Å². The smallest absolute Gasteiger partial charge is 0.243 e. The van der Waals surface area contributed by atoms with Crippen molar-refractivity contribution in [3.05, 3.63) is 47.9 Å². The van der Waals surface area contributed by atoms with Gasteiger partial charge in [0.05, 0.1) is 11.4 Å². The van der Waals surface area contributed by atoms with Gasteiger partial charge in [-0.1, -0.05) is 6.92 Å². The van der Waals surface area contributed by atoms with E-state index in [0.29, 0.717) is 23.3 Å². The molecule has 3 rings (SSSR count). The second-order valence-corrected chi connectivity index (χ2v) is 8.64. The van der Waals surface area contributed by atoms with E-state index in [1.54, 1.807) is 12.1 Å². The van der Waals surface area contributed by atoms with Gasteiger partial charge in [0.1, 0.15) is 11.5 Å². The molecule has 7 heteroatoms. The minimum Gasteiger partial charge on any atom is -0.464 e. The minimum absolute atomic E-state index is 0.173. The van der Waals surface area contributed by atoms with Crippen molar-refractivity contribution in [2.24, 2.45) is 5.92 Å². The molecule has 0 saturated heterocycles. The van der Waals surface area contributed by atoms with Crippen molar-refractivity contribution in [1.29, 1.82) is 0 Å². The molecule has 1 aliphatic rings. The second-order valence-electron chi connectivity index (χ2n) is 6.59. The zero-order valence-electron chi connectivity index (χ0n) is 14.5. The predicted octanol–water partition coefficient (Wildman–Crippen LogP) is 3.18. The van der Waals surface area contributed by atoms with Crippen LogP contribution in [0.3, 0.4) is 0 Å². The third-order valence-corrected chi connectivity index (χ3v) is 6.24. The quantitative estimate of drug-likeness (QED) is 0.856. The van der Waals surface area contributed by atoms with Gasteiger partial charge in [0.2, 0.25) is 15.9 Å². The average molecular weight is 362 g/mol. The van der Waals surface area contributed by atoms with Gasteiger partial charge in [-0.25, -0.2) is 8.42 Å². The maximum atomic E-state index is 12.7. The zero-order chi connectivity index (χ0) is 18.2. The number of nitrogens with zero attached hydrogens (tertiary/aromatic N) is 1. The third kappa shape index (κ3) is 3.93. The van der Waals surface area contributed by atoms with Crippen molar-refractivity contribution >= 4 is 21.6 Å². The highest BCUT2D eigenvalue weighted by Crippen LogP contribution is 2.47. The first-order valence-corrected chi connectivity index (χ1v) is 9.64. The fraction of sp³-hybridized carbons (Fsp3) is 0.389. The molecule has 0 spiro atoms. The SMILES string of the molecule is CC(=O)Nc1ccc(S(=O)(=O)N(C)Cc2ccc([C@H]3C[C@H]3C)o2)cc1. The standard InChI is InChI=1S/C18H22N2O4S/c1-12-10-17(12)18-9-6-15(24-18)11-20(3)25(22,23)16-7-4-14(5-8-16)19-13(2)21/h4-9,12,17H,10-11H2,1-3H3,(H,19,21)/t12-,17+/m1/s1. The molecule has 2 atom stereocenters. The van der Waals surface area contributed by atoms with Crippen LogP contribution in [0.25, 0.3) is 0 Å². The van der Waals surface area contributed by atoms with Crippen LogP contribution in [0.4, 0.5) is 5.69 Å². The van der Waals surface area contributed by atoms with Gasteiger partial charge < -0.3 is 9.73 Å². The molecule has 0 bridgehead atoms. The van der Waals surface area contributed by atoms with E-state index in [2.05, 4.69) is 12.2 Å². The number of benzene rings is 1. The lowest BCUT2D eigenvalue weighted by atomic mass is 10.3. The van der Waals surface area contributed by atoms with Crippen molar-refractivity contribution in [2.75, 3.05) is 12.4 Å². The Labute approximate surface area is 147 Å². The van der Waals surface area contributed by atoms with E-state index in [9.17, 15) is 13.2 Å². The van der Waals surface area contributed by atoms with Gasteiger partial charge in [-0.05, 0) is 48.7 Å². The van der Waals surface area contributed by atoms with Gasteiger partial charge in [-0.3, -0.25) is 4.79 Å². The van der Waals surface area contributed by atoms with E-state index in [-0.39, 0.29) is 17.3 Å². The molecule has 1 aliphatic carbocycles. The fourth-order valence-electron chi connectivity index (χ4n) is 2.80. The Hall–Kier alpha value is -2.12. The molecule has 0 unspecified atom stereocenters. The summed E-state index contributed by atoms with van der Waals surface area (Å²) in [7, 11) is -2.10. The van der Waals surface area contributed by atoms with E-state index in [1.165, 1.54) is 30.4 Å². The number of rotatable bonds is 6. The molecule has 1 fully saturated rings. The topological polar surface area (TPSA) is 79.6 Å². The molecule has 0 radical (unpaired) electrons. The summed E-state index contributed by atoms with van der Waals surface area (Å²) in [6.45, 7) is 3.75. The first-order valence-electron chi connectivity index (χ1n) is 8.20. The van der Waals surface area contributed by atoms with Crippen molar-refractivity contribution in [3.63, 3.8) is 0 Å². The van der Waals surface area contributed by atoms with Crippen LogP contribution in [0.1, 0.15) is 37.7 Å². The minimum atomic E-state index is -3.63. The molecular weight excluding hydrogens is 340 g/mol. The van der Waals surface area contributed by atoms with Crippen LogP contribution in [0.5, 0.6) is 0 Å². The highest BCUT2D eigenvalue weighted by molar-refractivity contribution is 7.89. The van der Waals surface area contributed by atoms with Crippen LogP contribution in [-0.4, -0.2) is 25.7 Å². The molecule has 6 nitrogen and oxygen atoms in total. The largest absolute Gasteiger partial charge is 0.464 e. The summed E-state index contributed by atoms with van der Waals surface area (Å²) in [5.41, 5.74) is 0.559. The van der Waals surface area contributed by atoms with Crippen LogP contribution in [0, 0.1) is 5.92 Å². The van der Waals surface area contributed by atoms with Crippen molar-refractivity contribution in [1.82, 2.24) is 4.31 Å².